The normalized spacial score (nSPS) is 33.8. The molecule has 0 aliphatic carbocycles. The van der Waals surface area contributed by atoms with Crippen molar-refractivity contribution in [1.82, 2.24) is 10.2 Å². The summed E-state index contributed by atoms with van der Waals surface area (Å²) < 4.78 is 17.4. The van der Waals surface area contributed by atoms with Gasteiger partial charge in [0, 0.05) is 31.3 Å². The van der Waals surface area contributed by atoms with E-state index < -0.39 is 42.1 Å². The Balaban J connectivity index is 1.65. The molecule has 10 unspecified atom stereocenters. The molecule has 2 fully saturated rings. The van der Waals surface area contributed by atoms with E-state index >= 15 is 0 Å². The summed E-state index contributed by atoms with van der Waals surface area (Å²) in [7, 11) is 0. The number of nitrogens with zero attached hydrogens (tertiary/aromatic N) is 1. The highest BCUT2D eigenvalue weighted by atomic mass is 16.6. The minimum absolute atomic E-state index is 0.00733. The first-order valence-electron chi connectivity index (χ1n) is 16.9. The average Bonchev–Trinajstić information content (AvgIpc) is 3.52. The van der Waals surface area contributed by atoms with Crippen molar-refractivity contribution < 1.29 is 39.1 Å². The van der Waals surface area contributed by atoms with Crippen LogP contribution in [0.1, 0.15) is 86.5 Å². The van der Waals surface area contributed by atoms with Gasteiger partial charge in [0.25, 0.3) is 0 Å². The van der Waals surface area contributed by atoms with Gasteiger partial charge in [0.2, 0.25) is 0 Å². The molecule has 0 radical (unpaired) electrons. The lowest BCUT2D eigenvalue weighted by molar-refractivity contribution is -0.151. The second-order valence-corrected chi connectivity index (χ2v) is 13.7. The summed E-state index contributed by atoms with van der Waals surface area (Å²) in [6, 6.07) is 0. The highest BCUT2D eigenvalue weighted by molar-refractivity contribution is 5.70. The van der Waals surface area contributed by atoms with E-state index in [0.717, 1.165) is 25.2 Å². The lowest BCUT2D eigenvalue weighted by atomic mass is 9.91. The van der Waals surface area contributed by atoms with Crippen molar-refractivity contribution in [2.45, 2.75) is 129 Å². The standard InChI is InChI=1S/C35H58N2O8/c1-7-28(39)26(5)33-30(43-33)22-35(6,42)16-10-11-24(3)32-25(4)13-15-29(23(2)12-14-27(38)21-31(40)45-32)44-34(41)36-17-20-37-18-8-9-19-37/h10-11,13,15-16,23,25-30,32-33,38-39,42H,7-9,12,14,17-22H2,1-6H3,(H,36,41)/b15-13+,16-10+,24-11+. The maximum Gasteiger partial charge on any atom is 0.407 e. The van der Waals surface area contributed by atoms with Crippen molar-refractivity contribution in [3.05, 3.63) is 36.0 Å². The van der Waals surface area contributed by atoms with E-state index in [1.54, 1.807) is 19.1 Å². The molecule has 0 spiro atoms. The Morgan fingerprint density at radius 2 is 1.96 bits per heavy atom. The number of carbonyl (C=O) groups excluding carboxylic acids is 2. The van der Waals surface area contributed by atoms with Crippen molar-refractivity contribution in [3.8, 4) is 0 Å². The van der Waals surface area contributed by atoms with Gasteiger partial charge in [0.05, 0.1) is 36.4 Å². The van der Waals surface area contributed by atoms with Crippen LogP contribution in [0, 0.1) is 17.8 Å². The number of allylic oxidation sites excluding steroid dienone is 2. The van der Waals surface area contributed by atoms with E-state index in [-0.39, 0.29) is 36.4 Å². The highest BCUT2D eigenvalue weighted by Gasteiger charge is 2.47. The summed E-state index contributed by atoms with van der Waals surface area (Å²) in [4.78, 5) is 27.8. The molecule has 0 bridgehead atoms. The Kier molecular flexibility index (Phi) is 14.6. The topological polar surface area (TPSA) is 141 Å². The number of alkyl carbamates (subject to hydrolysis) is 1. The van der Waals surface area contributed by atoms with Gasteiger partial charge in [-0.2, -0.15) is 0 Å². The Bertz CT molecular complexity index is 1040. The molecule has 0 aromatic heterocycles. The number of nitrogens with one attached hydrogen (secondary N) is 1. The first kappa shape index (κ1) is 37.2. The minimum Gasteiger partial charge on any atom is -0.457 e. The molecule has 3 aliphatic heterocycles. The Morgan fingerprint density at radius 3 is 2.64 bits per heavy atom. The van der Waals surface area contributed by atoms with Gasteiger partial charge < -0.3 is 39.7 Å². The largest absolute Gasteiger partial charge is 0.457 e. The quantitative estimate of drug-likeness (QED) is 0.107. The van der Waals surface area contributed by atoms with E-state index in [9.17, 15) is 24.9 Å². The number of hydrogen-bond donors (Lipinski definition) is 4. The lowest BCUT2D eigenvalue weighted by Crippen LogP contribution is -2.37. The van der Waals surface area contributed by atoms with Crippen molar-refractivity contribution in [3.63, 3.8) is 0 Å². The molecule has 2 saturated heterocycles. The van der Waals surface area contributed by atoms with Crippen LogP contribution < -0.4 is 5.32 Å². The van der Waals surface area contributed by atoms with Crippen LogP contribution in [0.25, 0.3) is 0 Å². The van der Waals surface area contributed by atoms with E-state index in [4.69, 9.17) is 14.2 Å². The molecule has 10 nitrogen and oxygen atoms in total. The van der Waals surface area contributed by atoms with Gasteiger partial charge >= 0.3 is 12.1 Å². The number of rotatable bonds is 12. The second kappa shape index (κ2) is 17.6. The number of carbonyl (C=O) groups is 2. The average molecular weight is 635 g/mol. The molecule has 0 aromatic rings. The first-order chi connectivity index (χ1) is 21.3. The maximum absolute atomic E-state index is 12.8. The van der Waals surface area contributed by atoms with Gasteiger partial charge in [0.15, 0.2) is 0 Å². The molecular weight excluding hydrogens is 576 g/mol. The van der Waals surface area contributed by atoms with Gasteiger partial charge in [-0.15, -0.1) is 0 Å². The third kappa shape index (κ3) is 12.5. The van der Waals surface area contributed by atoms with Crippen LogP contribution in [-0.4, -0.2) is 101 Å². The first-order valence-corrected chi connectivity index (χ1v) is 16.9. The summed E-state index contributed by atoms with van der Waals surface area (Å²) in [5.41, 5.74) is -0.355. The summed E-state index contributed by atoms with van der Waals surface area (Å²) in [6.45, 7) is 14.9. The van der Waals surface area contributed by atoms with Crippen LogP contribution in [0.5, 0.6) is 0 Å². The molecule has 256 valence electrons. The van der Waals surface area contributed by atoms with Crippen molar-refractivity contribution in [2.75, 3.05) is 26.2 Å². The lowest BCUT2D eigenvalue weighted by Gasteiger charge is -2.27. The van der Waals surface area contributed by atoms with Crippen molar-refractivity contribution >= 4 is 12.1 Å². The number of ether oxygens (including phenoxy) is 3. The Hall–Kier alpha value is -2.24. The number of aliphatic hydroxyl groups is 3. The number of amides is 1. The molecule has 10 atom stereocenters. The van der Waals surface area contributed by atoms with E-state index in [1.165, 1.54) is 12.8 Å². The Labute approximate surface area is 269 Å². The number of epoxide rings is 1. The summed E-state index contributed by atoms with van der Waals surface area (Å²) in [5.74, 6) is -0.784. The zero-order valence-electron chi connectivity index (χ0n) is 28.2. The third-order valence-electron chi connectivity index (χ3n) is 9.44. The van der Waals surface area contributed by atoms with Crippen LogP contribution >= 0.6 is 0 Å². The maximum atomic E-state index is 12.8. The SMILES string of the molecule is CCC(O)C(C)C1OC1CC(C)(O)/C=C/C=C(\C)C1OC(=O)CC(O)CCC(C)C(OC(=O)NCCN2CCCC2)/C=C/C1C. The van der Waals surface area contributed by atoms with Gasteiger partial charge in [-0.1, -0.05) is 52.0 Å². The number of cyclic esters (lactones) is 1. The summed E-state index contributed by atoms with van der Waals surface area (Å²) in [6.07, 6.45) is 10.3. The molecule has 45 heavy (non-hydrogen) atoms. The Morgan fingerprint density at radius 1 is 1.24 bits per heavy atom. The molecule has 3 aliphatic rings. The van der Waals surface area contributed by atoms with Crippen molar-refractivity contribution in [2.24, 2.45) is 17.8 Å². The molecule has 3 heterocycles. The van der Waals surface area contributed by atoms with Gasteiger partial charge in [-0.05, 0) is 76.6 Å². The van der Waals surface area contributed by atoms with Crippen LogP contribution in [0.3, 0.4) is 0 Å². The van der Waals surface area contributed by atoms with E-state index in [1.807, 2.05) is 52.8 Å². The molecular formula is C35H58N2O8. The van der Waals surface area contributed by atoms with Crippen LogP contribution in [0.2, 0.25) is 0 Å². The molecule has 4 N–H and O–H groups in total. The molecule has 0 saturated carbocycles. The fourth-order valence-corrected chi connectivity index (χ4v) is 6.29. The van der Waals surface area contributed by atoms with Gasteiger partial charge in [0.1, 0.15) is 12.2 Å². The predicted molar refractivity (Wildman–Crippen MR) is 173 cm³/mol. The summed E-state index contributed by atoms with van der Waals surface area (Å²) >= 11 is 0. The van der Waals surface area contributed by atoms with Crippen LogP contribution in [0.15, 0.2) is 36.0 Å². The van der Waals surface area contributed by atoms with Crippen LogP contribution in [-0.2, 0) is 19.0 Å². The third-order valence-corrected chi connectivity index (χ3v) is 9.44. The molecule has 0 aromatic carbocycles. The summed E-state index contributed by atoms with van der Waals surface area (Å²) in [5, 5.41) is 34.5. The number of esters is 1. The van der Waals surface area contributed by atoms with Gasteiger partial charge in [-0.25, -0.2) is 4.79 Å². The zero-order chi connectivity index (χ0) is 33.1. The van der Waals surface area contributed by atoms with Crippen LogP contribution in [0.4, 0.5) is 4.79 Å². The number of aliphatic hydroxyl groups excluding tert-OH is 2. The molecule has 1 amide bonds. The second-order valence-electron chi connectivity index (χ2n) is 13.7. The smallest absolute Gasteiger partial charge is 0.407 e. The number of likely N-dealkylation sites (tertiary alicyclic amines) is 1. The van der Waals surface area contributed by atoms with Gasteiger partial charge in [-0.3, -0.25) is 4.79 Å². The fourth-order valence-electron chi connectivity index (χ4n) is 6.29. The minimum atomic E-state index is -1.12. The monoisotopic (exact) mass is 634 g/mol. The predicted octanol–water partition coefficient (Wildman–Crippen LogP) is 4.28. The highest BCUT2D eigenvalue weighted by Crippen LogP contribution is 2.37. The molecule has 3 rings (SSSR count). The zero-order valence-corrected chi connectivity index (χ0v) is 28.2. The fraction of sp³-hybridized carbons (Fsp3) is 0.771. The van der Waals surface area contributed by atoms with Crippen molar-refractivity contribution in [1.29, 1.82) is 0 Å². The van der Waals surface area contributed by atoms with E-state index in [2.05, 4.69) is 10.2 Å². The molecule has 10 heteroatoms. The number of hydrogen-bond acceptors (Lipinski definition) is 9. The van der Waals surface area contributed by atoms with E-state index in [0.29, 0.717) is 32.2 Å².